The number of rotatable bonds is 6. The largest absolute Gasteiger partial charge is 0.367 e. The zero-order chi connectivity index (χ0) is 20.7. The molecule has 156 valence electrons. The van der Waals surface area contributed by atoms with Crippen molar-refractivity contribution in [3.8, 4) is 0 Å². The number of anilines is 1. The van der Waals surface area contributed by atoms with E-state index in [9.17, 15) is 8.42 Å². The van der Waals surface area contributed by atoms with Crippen LogP contribution < -0.4 is 14.9 Å². The molecule has 10 heteroatoms. The number of hydrogen-bond acceptors (Lipinski definition) is 5. The molecule has 0 spiro atoms. The van der Waals surface area contributed by atoms with Gasteiger partial charge in [0.2, 0.25) is 10.0 Å². The van der Waals surface area contributed by atoms with Crippen LogP contribution in [0.2, 0.25) is 5.02 Å². The van der Waals surface area contributed by atoms with Crippen LogP contribution in [0.4, 0.5) is 5.69 Å². The molecular formula is C19H25ClN6O2S. The van der Waals surface area contributed by atoms with Gasteiger partial charge in [0.05, 0.1) is 10.7 Å². The Morgan fingerprint density at radius 3 is 2.55 bits per heavy atom. The van der Waals surface area contributed by atoms with Gasteiger partial charge in [-0.1, -0.05) is 23.7 Å². The van der Waals surface area contributed by atoms with Crippen molar-refractivity contribution in [2.75, 3.05) is 51.2 Å². The summed E-state index contributed by atoms with van der Waals surface area (Å²) >= 11 is 6.30. The lowest BCUT2D eigenvalue weighted by atomic mass is 10.2. The maximum atomic E-state index is 12.2. The van der Waals surface area contributed by atoms with E-state index in [0.29, 0.717) is 6.54 Å². The lowest BCUT2D eigenvalue weighted by Crippen LogP contribution is -2.53. The fourth-order valence-corrected chi connectivity index (χ4v) is 4.40. The van der Waals surface area contributed by atoms with Gasteiger partial charge in [0.15, 0.2) is 5.96 Å². The van der Waals surface area contributed by atoms with Crippen LogP contribution in [0.15, 0.2) is 58.7 Å². The number of para-hydroxylation sites is 1. The minimum Gasteiger partial charge on any atom is -0.367 e. The van der Waals surface area contributed by atoms with Crippen molar-refractivity contribution in [1.29, 1.82) is 0 Å². The average molecular weight is 437 g/mol. The highest BCUT2D eigenvalue weighted by molar-refractivity contribution is 7.89. The molecule has 1 aromatic carbocycles. The van der Waals surface area contributed by atoms with Crippen LogP contribution in [0.25, 0.3) is 0 Å². The van der Waals surface area contributed by atoms with Gasteiger partial charge in [-0.15, -0.1) is 0 Å². The first-order valence-electron chi connectivity index (χ1n) is 9.36. The summed E-state index contributed by atoms with van der Waals surface area (Å²) in [7, 11) is -1.83. The third kappa shape index (κ3) is 5.59. The number of halogens is 1. The Bertz CT molecular complexity index is 931. The second-order valence-corrected chi connectivity index (χ2v) is 8.66. The highest BCUT2D eigenvalue weighted by atomic mass is 35.5. The number of nitrogens with one attached hydrogen (secondary N) is 2. The van der Waals surface area contributed by atoms with Crippen LogP contribution >= 0.6 is 11.6 Å². The molecule has 0 radical (unpaired) electrons. The zero-order valence-electron chi connectivity index (χ0n) is 16.3. The summed E-state index contributed by atoms with van der Waals surface area (Å²) in [4.78, 5) is 12.7. The molecule has 2 heterocycles. The monoisotopic (exact) mass is 436 g/mol. The first kappa shape index (κ1) is 21.4. The molecule has 8 nitrogen and oxygen atoms in total. The Labute approximate surface area is 176 Å². The van der Waals surface area contributed by atoms with Crippen molar-refractivity contribution in [3.63, 3.8) is 0 Å². The van der Waals surface area contributed by atoms with E-state index in [1.807, 2.05) is 24.3 Å². The molecule has 0 unspecified atom stereocenters. The number of sulfonamides is 1. The third-order valence-electron chi connectivity index (χ3n) is 4.63. The van der Waals surface area contributed by atoms with E-state index in [1.165, 1.54) is 18.5 Å². The van der Waals surface area contributed by atoms with E-state index in [-0.39, 0.29) is 11.4 Å². The first-order chi connectivity index (χ1) is 14.0. The van der Waals surface area contributed by atoms with Crippen molar-refractivity contribution in [2.45, 2.75) is 4.90 Å². The number of nitrogens with zero attached hydrogens (tertiary/aromatic N) is 4. The Kier molecular flexibility index (Phi) is 7.29. The van der Waals surface area contributed by atoms with Gasteiger partial charge in [-0.25, -0.2) is 13.1 Å². The topological polar surface area (TPSA) is 89.9 Å². The highest BCUT2D eigenvalue weighted by Gasteiger charge is 2.21. The molecule has 3 rings (SSSR count). The second kappa shape index (κ2) is 9.91. The van der Waals surface area contributed by atoms with Crippen molar-refractivity contribution in [1.82, 2.24) is 19.9 Å². The van der Waals surface area contributed by atoms with Crippen LogP contribution in [0.5, 0.6) is 0 Å². The maximum absolute atomic E-state index is 12.2. The Morgan fingerprint density at radius 1 is 1.14 bits per heavy atom. The lowest BCUT2D eigenvalue weighted by Gasteiger charge is -2.38. The van der Waals surface area contributed by atoms with Gasteiger partial charge >= 0.3 is 0 Å². The van der Waals surface area contributed by atoms with Gasteiger partial charge in [0.25, 0.3) is 0 Å². The van der Waals surface area contributed by atoms with Gasteiger partial charge in [0, 0.05) is 58.7 Å². The van der Waals surface area contributed by atoms with Crippen molar-refractivity contribution >= 4 is 33.3 Å². The number of aromatic nitrogens is 1. The van der Waals surface area contributed by atoms with Gasteiger partial charge in [-0.05, 0) is 24.3 Å². The van der Waals surface area contributed by atoms with Gasteiger partial charge in [-0.3, -0.25) is 9.98 Å². The summed E-state index contributed by atoms with van der Waals surface area (Å²) in [6.45, 7) is 3.93. The predicted octanol–water partition coefficient (Wildman–Crippen LogP) is 1.41. The van der Waals surface area contributed by atoms with Crippen molar-refractivity contribution in [2.24, 2.45) is 4.99 Å². The van der Waals surface area contributed by atoms with Crippen LogP contribution in [0.3, 0.4) is 0 Å². The molecule has 1 aliphatic rings. The summed E-state index contributed by atoms with van der Waals surface area (Å²) < 4.78 is 27.0. The minimum atomic E-state index is -3.56. The van der Waals surface area contributed by atoms with E-state index in [1.54, 1.807) is 13.1 Å². The second-order valence-electron chi connectivity index (χ2n) is 6.49. The summed E-state index contributed by atoms with van der Waals surface area (Å²) in [5.41, 5.74) is 1.04. The Hall–Kier alpha value is -2.36. The highest BCUT2D eigenvalue weighted by Crippen LogP contribution is 2.25. The molecule has 29 heavy (non-hydrogen) atoms. The average Bonchev–Trinajstić information content (AvgIpc) is 2.75. The van der Waals surface area contributed by atoms with Crippen molar-refractivity contribution < 1.29 is 8.42 Å². The van der Waals surface area contributed by atoms with Gasteiger partial charge in [-0.2, -0.15) is 0 Å². The number of piperazine rings is 1. The maximum Gasteiger partial charge on any atom is 0.242 e. The number of pyridine rings is 1. The summed E-state index contributed by atoms with van der Waals surface area (Å²) in [6.07, 6.45) is 2.86. The van der Waals surface area contributed by atoms with Crippen LogP contribution in [0, 0.1) is 0 Å². The normalized spacial score (nSPS) is 15.4. The molecular weight excluding hydrogens is 412 g/mol. The standard InChI is InChI=1S/C19H25ClN6O2S/c1-21-19(23-9-10-24-29(27,28)16-5-4-8-22-15-16)26-13-11-25(12-14-26)18-7-3-2-6-17(18)20/h2-8,15,24H,9-14H2,1H3,(H,21,23). The van der Waals surface area contributed by atoms with Crippen LogP contribution in [-0.4, -0.2) is 70.6 Å². The summed E-state index contributed by atoms with van der Waals surface area (Å²) in [5.74, 6) is 0.754. The van der Waals surface area contributed by atoms with E-state index in [0.717, 1.165) is 42.8 Å². The summed E-state index contributed by atoms with van der Waals surface area (Å²) in [5, 5.41) is 3.97. The SMILES string of the molecule is CN=C(NCCNS(=O)(=O)c1cccnc1)N1CCN(c2ccccc2Cl)CC1. The number of guanidine groups is 1. The van der Waals surface area contributed by atoms with Crippen LogP contribution in [-0.2, 0) is 10.0 Å². The molecule has 1 aromatic heterocycles. The first-order valence-corrected chi connectivity index (χ1v) is 11.2. The Morgan fingerprint density at radius 2 is 1.90 bits per heavy atom. The van der Waals surface area contributed by atoms with Crippen molar-refractivity contribution in [3.05, 3.63) is 53.8 Å². The van der Waals surface area contributed by atoms with E-state index in [2.05, 4.69) is 29.8 Å². The van der Waals surface area contributed by atoms with Gasteiger partial charge in [0.1, 0.15) is 4.90 Å². The van der Waals surface area contributed by atoms with E-state index >= 15 is 0 Å². The fourth-order valence-electron chi connectivity index (χ4n) is 3.15. The lowest BCUT2D eigenvalue weighted by molar-refractivity contribution is 0.373. The Balaban J connectivity index is 1.46. The minimum absolute atomic E-state index is 0.153. The summed E-state index contributed by atoms with van der Waals surface area (Å²) in [6, 6.07) is 10.9. The molecule has 1 aliphatic heterocycles. The quantitative estimate of drug-likeness (QED) is 0.404. The molecule has 0 amide bonds. The smallest absolute Gasteiger partial charge is 0.242 e. The molecule has 2 N–H and O–H groups in total. The molecule has 0 aliphatic carbocycles. The molecule has 2 aromatic rings. The number of hydrogen-bond donors (Lipinski definition) is 2. The molecule has 0 atom stereocenters. The number of aliphatic imine (C=N–C) groups is 1. The van der Waals surface area contributed by atoms with E-state index < -0.39 is 10.0 Å². The molecule has 0 bridgehead atoms. The number of benzene rings is 1. The predicted molar refractivity (Wildman–Crippen MR) is 116 cm³/mol. The molecule has 0 saturated carbocycles. The van der Waals surface area contributed by atoms with Crippen LogP contribution in [0.1, 0.15) is 0 Å². The third-order valence-corrected chi connectivity index (χ3v) is 6.39. The molecule has 1 fully saturated rings. The fraction of sp³-hybridized carbons (Fsp3) is 0.368. The molecule has 1 saturated heterocycles. The van der Waals surface area contributed by atoms with Gasteiger partial charge < -0.3 is 15.1 Å². The van der Waals surface area contributed by atoms with E-state index in [4.69, 9.17) is 11.6 Å². The zero-order valence-corrected chi connectivity index (χ0v) is 17.8.